The highest BCUT2D eigenvalue weighted by Crippen LogP contribution is 2.67. The van der Waals surface area contributed by atoms with Gasteiger partial charge < -0.3 is 14.9 Å². The van der Waals surface area contributed by atoms with Crippen molar-refractivity contribution >= 4 is 49.4 Å². The number of aliphatic hydroxyl groups is 2. The Balaban J connectivity index is 2.02. The predicted octanol–water partition coefficient (Wildman–Crippen LogP) is 1.57. The van der Waals surface area contributed by atoms with Crippen LogP contribution in [0.15, 0.2) is 0 Å². The molecule has 3 nitrogen and oxygen atoms in total. The lowest BCUT2D eigenvalue weighted by atomic mass is 9.73. The molecular weight excluding hydrogens is 356 g/mol. The third kappa shape index (κ3) is 3.76. The van der Waals surface area contributed by atoms with Crippen LogP contribution in [-0.2, 0) is 4.74 Å². The molecule has 2 aliphatic rings. The summed E-state index contributed by atoms with van der Waals surface area (Å²) in [6.07, 6.45) is 17.6. The maximum absolute atomic E-state index is 10.6. The van der Waals surface area contributed by atoms with Gasteiger partial charge in [-0.2, -0.15) is 0 Å². The average molecular weight is 392 g/mol. The zero-order chi connectivity index (χ0) is 18.3. The smallest absolute Gasteiger partial charge is 0.111 e. The average Bonchev–Trinajstić information content (AvgIpc) is 3.27. The van der Waals surface area contributed by atoms with Gasteiger partial charge in [0.05, 0.1) is 11.9 Å². The fourth-order valence-corrected chi connectivity index (χ4v) is 13.4. The van der Waals surface area contributed by atoms with Gasteiger partial charge in [0.2, 0.25) is 0 Å². The minimum absolute atomic E-state index is 0.0848. The van der Waals surface area contributed by atoms with Crippen molar-refractivity contribution in [2.24, 2.45) is 5.92 Å². The molecule has 2 fully saturated rings. The van der Waals surface area contributed by atoms with Crippen molar-refractivity contribution in [3.8, 4) is 0 Å². The summed E-state index contributed by atoms with van der Waals surface area (Å²) in [5.41, 5.74) is -1.54. The zero-order valence-corrected chi connectivity index (χ0v) is 18.8. The normalized spacial score (nSPS) is 43.0. The third-order valence-corrected chi connectivity index (χ3v) is 15.6. The number of aliphatic hydroxyl groups excluding tert-OH is 1. The molecule has 2 aliphatic carbocycles. The van der Waals surface area contributed by atoms with Crippen LogP contribution in [0, 0.1) is 5.92 Å². The molecule has 0 saturated heterocycles. The van der Waals surface area contributed by atoms with Crippen molar-refractivity contribution in [2.75, 3.05) is 24.8 Å². The molecule has 0 spiro atoms. The second-order valence-corrected chi connectivity index (χ2v) is 16.2. The molecule has 9 atom stereocenters. The Morgan fingerprint density at radius 1 is 1.25 bits per heavy atom. The molecule has 0 radical (unpaired) electrons. The molecule has 24 heavy (non-hydrogen) atoms. The van der Waals surface area contributed by atoms with E-state index in [9.17, 15) is 10.2 Å². The van der Waals surface area contributed by atoms with E-state index in [4.69, 9.17) is 4.74 Å². The number of ether oxygens (including phenoxy) is 1. The van der Waals surface area contributed by atoms with Crippen LogP contribution in [0.25, 0.3) is 0 Å². The summed E-state index contributed by atoms with van der Waals surface area (Å²) in [6, 6.07) is 0. The molecule has 0 bridgehead atoms. The standard InChI is InChI=1S/C17H36BO3P3/c1-7-22(4)10-13(23(5)8-2)24(6)11-21-17-9-12(17)14(18)16(3,20)15(17)19/h12-15,19-20,22-24H,4-11,18H2,1-3H3/t12?,13?,14-,15+,16+,17?/m1/s1. The summed E-state index contributed by atoms with van der Waals surface area (Å²) >= 11 is 0. The van der Waals surface area contributed by atoms with Crippen LogP contribution >= 0.6 is 22.6 Å². The first-order chi connectivity index (χ1) is 11.1. The Labute approximate surface area is 151 Å². The summed E-state index contributed by atoms with van der Waals surface area (Å²) in [6.45, 7) is 6.21. The summed E-state index contributed by atoms with van der Waals surface area (Å²) in [7, 11) is -0.0631. The molecule has 6 unspecified atom stereocenters. The van der Waals surface area contributed by atoms with Crippen molar-refractivity contribution in [1.29, 1.82) is 0 Å². The topological polar surface area (TPSA) is 49.7 Å². The molecule has 0 aromatic carbocycles. The van der Waals surface area contributed by atoms with Crippen molar-refractivity contribution < 1.29 is 14.9 Å². The van der Waals surface area contributed by atoms with E-state index in [0.717, 1.165) is 6.42 Å². The Morgan fingerprint density at radius 3 is 2.33 bits per heavy atom. The Hall–Kier alpha value is 0.845. The number of hydrogen-bond acceptors (Lipinski definition) is 3. The summed E-state index contributed by atoms with van der Waals surface area (Å²) in [5, 5.41) is 21.7. The summed E-state index contributed by atoms with van der Waals surface area (Å²) < 4.78 is 6.29. The van der Waals surface area contributed by atoms with E-state index in [2.05, 4.69) is 32.7 Å². The fraction of sp³-hybridized carbons (Fsp3) is 0.824. The van der Waals surface area contributed by atoms with E-state index in [-0.39, 0.29) is 11.7 Å². The lowest BCUT2D eigenvalue weighted by molar-refractivity contribution is -0.114. The van der Waals surface area contributed by atoms with Gasteiger partial charge in [0.15, 0.2) is 0 Å². The first kappa shape index (κ1) is 21.1. The van der Waals surface area contributed by atoms with Gasteiger partial charge in [-0.1, -0.05) is 21.4 Å². The van der Waals surface area contributed by atoms with Gasteiger partial charge in [0, 0.05) is 0 Å². The highest BCUT2D eigenvalue weighted by atomic mass is 31.2. The molecular formula is C17H36BO3P3. The van der Waals surface area contributed by atoms with Gasteiger partial charge in [-0.15, -0.1) is 34.0 Å². The first-order valence-electron chi connectivity index (χ1n) is 9.18. The van der Waals surface area contributed by atoms with Crippen molar-refractivity contribution in [2.45, 2.75) is 55.7 Å². The van der Waals surface area contributed by atoms with E-state index in [1.54, 1.807) is 6.92 Å². The van der Waals surface area contributed by atoms with Gasteiger partial charge in [-0.05, 0) is 49.0 Å². The van der Waals surface area contributed by atoms with Crippen LogP contribution in [-0.4, -0.2) is 84.5 Å². The maximum atomic E-state index is 10.6. The molecule has 2 rings (SSSR count). The van der Waals surface area contributed by atoms with E-state index in [1.807, 2.05) is 7.85 Å². The molecule has 0 aromatic rings. The largest absolute Gasteiger partial charge is 0.388 e. The summed E-state index contributed by atoms with van der Waals surface area (Å²) in [5.74, 6) is 0.371. The molecule has 140 valence electrons. The van der Waals surface area contributed by atoms with E-state index >= 15 is 0 Å². The SMILES string of the molecule is B[C@@H]1C2CC2(OC[PH](=C)C(C[PH](=C)CC)[PH](=C)CC)[C@@H](O)[C@@]1(C)O. The highest BCUT2D eigenvalue weighted by molar-refractivity contribution is 7.75. The lowest BCUT2D eigenvalue weighted by Gasteiger charge is -2.33. The molecule has 0 aliphatic heterocycles. The van der Waals surface area contributed by atoms with Gasteiger partial charge in [-0.25, -0.2) is 0 Å². The van der Waals surface area contributed by atoms with Gasteiger partial charge in [0.1, 0.15) is 19.6 Å². The Bertz CT molecular complexity index is 551. The quantitative estimate of drug-likeness (QED) is 0.463. The number of fused-ring (bicyclic) bond motifs is 1. The Kier molecular flexibility index (Phi) is 6.91. The van der Waals surface area contributed by atoms with Gasteiger partial charge in [0.25, 0.3) is 0 Å². The molecule has 2 saturated carbocycles. The first-order valence-corrected chi connectivity index (χ1v) is 15.3. The number of hydrogen-bond donors (Lipinski definition) is 2. The van der Waals surface area contributed by atoms with Gasteiger partial charge >= 0.3 is 0 Å². The third-order valence-electron chi connectivity index (χ3n) is 6.51. The molecule has 0 heterocycles. The summed E-state index contributed by atoms with van der Waals surface area (Å²) in [4.78, 5) is 0. The van der Waals surface area contributed by atoms with Crippen molar-refractivity contribution in [3.05, 3.63) is 0 Å². The second kappa shape index (κ2) is 7.84. The maximum Gasteiger partial charge on any atom is 0.111 e. The number of rotatable bonds is 9. The van der Waals surface area contributed by atoms with Crippen molar-refractivity contribution in [3.63, 3.8) is 0 Å². The van der Waals surface area contributed by atoms with Crippen molar-refractivity contribution in [1.82, 2.24) is 0 Å². The van der Waals surface area contributed by atoms with Crippen LogP contribution in [0.4, 0.5) is 0 Å². The molecule has 2 N–H and O–H groups in total. The van der Waals surface area contributed by atoms with E-state index < -0.39 is 39.9 Å². The van der Waals surface area contributed by atoms with Crippen LogP contribution in [0.1, 0.15) is 27.2 Å². The van der Waals surface area contributed by atoms with Crippen LogP contribution in [0.5, 0.6) is 0 Å². The monoisotopic (exact) mass is 392 g/mol. The second-order valence-electron chi connectivity index (χ2n) is 8.00. The highest BCUT2D eigenvalue weighted by Gasteiger charge is 2.74. The van der Waals surface area contributed by atoms with E-state index in [0.29, 0.717) is 11.7 Å². The van der Waals surface area contributed by atoms with Crippen LogP contribution in [0.2, 0.25) is 5.82 Å². The minimum Gasteiger partial charge on any atom is -0.388 e. The molecule has 7 heteroatoms. The molecule has 0 aromatic heterocycles. The van der Waals surface area contributed by atoms with E-state index in [1.165, 1.54) is 18.5 Å². The predicted molar refractivity (Wildman–Crippen MR) is 122 cm³/mol. The Morgan fingerprint density at radius 2 is 1.88 bits per heavy atom. The fourth-order valence-electron chi connectivity index (χ4n) is 4.18. The van der Waals surface area contributed by atoms with Crippen LogP contribution in [0.3, 0.4) is 0 Å². The lowest BCUT2D eigenvalue weighted by Crippen LogP contribution is -2.46. The minimum atomic E-state index is -1.03. The molecule has 0 amide bonds. The zero-order valence-electron chi connectivity index (χ0n) is 15.8. The van der Waals surface area contributed by atoms with Gasteiger partial charge in [-0.3, -0.25) is 0 Å². The van der Waals surface area contributed by atoms with Crippen LogP contribution < -0.4 is 0 Å².